The summed E-state index contributed by atoms with van der Waals surface area (Å²) in [6.07, 6.45) is 3.48. The van der Waals surface area contributed by atoms with E-state index >= 15 is 0 Å². The average molecular weight is 281 g/mol. The monoisotopic (exact) mass is 281 g/mol. The minimum Gasteiger partial charge on any atom is -0.364 e. The smallest absolute Gasteiger partial charge is 0.364 e. The van der Waals surface area contributed by atoms with Crippen LogP contribution in [-0.4, -0.2) is 34.1 Å². The molecule has 1 unspecified atom stereocenters. The molecule has 1 aliphatic heterocycles. The van der Waals surface area contributed by atoms with Gasteiger partial charge in [0, 0.05) is 20.0 Å². The highest BCUT2D eigenvalue weighted by Crippen LogP contribution is 2.25. The Kier molecular flexibility index (Phi) is 4.94. The Morgan fingerprint density at radius 3 is 3.00 bits per heavy atom. The van der Waals surface area contributed by atoms with Crippen LogP contribution in [0.2, 0.25) is 0 Å². The first-order chi connectivity index (χ1) is 9.63. The van der Waals surface area contributed by atoms with Crippen LogP contribution >= 0.6 is 0 Å². The van der Waals surface area contributed by atoms with Crippen molar-refractivity contribution in [2.75, 3.05) is 25.0 Å². The van der Waals surface area contributed by atoms with E-state index in [4.69, 9.17) is 0 Å². The molecule has 7 nitrogen and oxygen atoms in total. The molecular formula is C13H23N5O2. The van der Waals surface area contributed by atoms with Gasteiger partial charge < -0.3 is 20.7 Å². The number of aromatic nitrogens is 2. The molecule has 0 spiro atoms. The molecule has 2 rings (SSSR count). The molecule has 1 aromatic heterocycles. The van der Waals surface area contributed by atoms with E-state index in [0.29, 0.717) is 24.1 Å². The maximum absolute atomic E-state index is 11.0. The van der Waals surface area contributed by atoms with Gasteiger partial charge in [-0.3, -0.25) is 4.57 Å². The fourth-order valence-corrected chi connectivity index (χ4v) is 2.80. The number of rotatable bonds is 6. The summed E-state index contributed by atoms with van der Waals surface area (Å²) in [5, 5.41) is 17.6. The van der Waals surface area contributed by atoms with Crippen LogP contribution in [0, 0.1) is 23.0 Å². The first kappa shape index (κ1) is 14.8. The van der Waals surface area contributed by atoms with E-state index in [1.165, 1.54) is 12.8 Å². The van der Waals surface area contributed by atoms with Crippen LogP contribution in [-0.2, 0) is 6.54 Å². The number of hydrogen-bond acceptors (Lipinski definition) is 5. The van der Waals surface area contributed by atoms with Crippen molar-refractivity contribution in [1.29, 1.82) is 0 Å². The molecule has 1 fully saturated rings. The first-order valence-electron chi connectivity index (χ1n) is 7.29. The lowest BCUT2D eigenvalue weighted by molar-refractivity contribution is -0.388. The Morgan fingerprint density at radius 1 is 1.60 bits per heavy atom. The second-order valence-corrected chi connectivity index (χ2v) is 5.26. The molecule has 0 aliphatic carbocycles. The fraction of sp³-hybridized carbons (Fsp3) is 0.769. The zero-order chi connectivity index (χ0) is 14.5. The quantitative estimate of drug-likeness (QED) is 0.614. The Hall–Kier alpha value is -1.63. The van der Waals surface area contributed by atoms with Gasteiger partial charge in [-0.15, -0.1) is 0 Å². The molecule has 0 saturated carbocycles. The van der Waals surface area contributed by atoms with Crippen molar-refractivity contribution in [2.24, 2.45) is 5.92 Å². The topological polar surface area (TPSA) is 85.0 Å². The van der Waals surface area contributed by atoms with Gasteiger partial charge in [0.15, 0.2) is 0 Å². The lowest BCUT2D eigenvalue weighted by Gasteiger charge is -2.22. The lowest BCUT2D eigenvalue weighted by Crippen LogP contribution is -2.30. The third-order valence-corrected chi connectivity index (χ3v) is 3.87. The Balaban J connectivity index is 1.98. The zero-order valence-electron chi connectivity index (χ0n) is 12.2. The maximum Gasteiger partial charge on any atom is 0.406 e. The van der Waals surface area contributed by atoms with Crippen molar-refractivity contribution in [1.82, 2.24) is 14.9 Å². The molecule has 1 atom stereocenters. The van der Waals surface area contributed by atoms with Crippen LogP contribution in [0.1, 0.15) is 32.0 Å². The number of anilines is 1. The van der Waals surface area contributed by atoms with Crippen LogP contribution in [0.5, 0.6) is 0 Å². The SMILES string of the molecule is CCn1c(C)nc([N+](=O)[O-])c1NCCC1CCCNC1. The van der Waals surface area contributed by atoms with Crippen LogP contribution in [0.3, 0.4) is 0 Å². The average Bonchev–Trinajstić information content (AvgIpc) is 2.76. The van der Waals surface area contributed by atoms with Crippen molar-refractivity contribution in [3.8, 4) is 0 Å². The van der Waals surface area contributed by atoms with Crippen LogP contribution in [0.4, 0.5) is 11.6 Å². The maximum atomic E-state index is 11.0. The zero-order valence-corrected chi connectivity index (χ0v) is 12.2. The summed E-state index contributed by atoms with van der Waals surface area (Å²) in [5.41, 5.74) is 0. The molecule has 2 heterocycles. The van der Waals surface area contributed by atoms with Gasteiger partial charge in [0.25, 0.3) is 0 Å². The Bertz CT molecular complexity index is 466. The van der Waals surface area contributed by atoms with Crippen molar-refractivity contribution < 1.29 is 4.92 Å². The molecule has 112 valence electrons. The molecule has 20 heavy (non-hydrogen) atoms. The summed E-state index contributed by atoms with van der Waals surface area (Å²) in [7, 11) is 0. The molecule has 7 heteroatoms. The molecular weight excluding hydrogens is 258 g/mol. The minimum absolute atomic E-state index is 0.0638. The van der Waals surface area contributed by atoms with Gasteiger partial charge in [0.05, 0.1) is 0 Å². The van der Waals surface area contributed by atoms with Crippen molar-refractivity contribution in [3.63, 3.8) is 0 Å². The molecule has 1 saturated heterocycles. The van der Waals surface area contributed by atoms with Crippen molar-refractivity contribution >= 4 is 11.6 Å². The summed E-state index contributed by atoms with van der Waals surface area (Å²) in [6, 6.07) is 0. The summed E-state index contributed by atoms with van der Waals surface area (Å²) >= 11 is 0. The Labute approximate surface area is 118 Å². The van der Waals surface area contributed by atoms with E-state index in [0.717, 1.165) is 26.1 Å². The van der Waals surface area contributed by atoms with E-state index in [1.807, 2.05) is 11.5 Å². The Morgan fingerprint density at radius 2 is 2.40 bits per heavy atom. The lowest BCUT2D eigenvalue weighted by atomic mass is 9.96. The minimum atomic E-state index is -0.413. The third kappa shape index (κ3) is 3.27. The first-order valence-corrected chi connectivity index (χ1v) is 7.29. The fourth-order valence-electron chi connectivity index (χ4n) is 2.80. The van der Waals surface area contributed by atoms with Crippen LogP contribution < -0.4 is 10.6 Å². The van der Waals surface area contributed by atoms with E-state index in [9.17, 15) is 10.1 Å². The standard InChI is InChI=1S/C13H23N5O2/c1-3-17-10(2)16-13(18(19)20)12(17)15-8-6-11-5-4-7-14-9-11/h11,14-15H,3-9H2,1-2H3. The summed E-state index contributed by atoms with van der Waals surface area (Å²) in [6.45, 7) is 7.35. The van der Waals surface area contributed by atoms with Crippen molar-refractivity contribution in [3.05, 3.63) is 15.9 Å². The summed E-state index contributed by atoms with van der Waals surface area (Å²) in [5.74, 6) is 1.82. The number of imidazole rings is 1. The number of nitrogens with one attached hydrogen (secondary N) is 2. The van der Waals surface area contributed by atoms with Crippen LogP contribution in [0.15, 0.2) is 0 Å². The second-order valence-electron chi connectivity index (χ2n) is 5.26. The van der Waals surface area contributed by atoms with E-state index in [2.05, 4.69) is 15.6 Å². The summed E-state index contributed by atoms with van der Waals surface area (Å²) < 4.78 is 1.86. The van der Waals surface area contributed by atoms with Gasteiger partial charge in [0.1, 0.15) is 0 Å². The molecule has 0 bridgehead atoms. The molecule has 0 amide bonds. The molecule has 0 aromatic carbocycles. The highest BCUT2D eigenvalue weighted by atomic mass is 16.6. The number of nitro groups is 1. The van der Waals surface area contributed by atoms with E-state index in [-0.39, 0.29) is 5.82 Å². The van der Waals surface area contributed by atoms with E-state index in [1.54, 1.807) is 6.92 Å². The number of hydrogen-bond donors (Lipinski definition) is 2. The highest BCUT2D eigenvalue weighted by molar-refractivity contribution is 5.53. The largest absolute Gasteiger partial charge is 0.406 e. The number of piperidine rings is 1. The normalized spacial score (nSPS) is 19.0. The second kappa shape index (κ2) is 6.69. The number of nitrogens with zero attached hydrogens (tertiary/aromatic N) is 3. The predicted octanol–water partition coefficient (Wildman–Crippen LogP) is 1.92. The van der Waals surface area contributed by atoms with Crippen molar-refractivity contribution in [2.45, 2.75) is 39.7 Å². The van der Waals surface area contributed by atoms with Gasteiger partial charge in [0.2, 0.25) is 11.6 Å². The molecule has 1 aliphatic rings. The molecule has 1 aromatic rings. The summed E-state index contributed by atoms with van der Waals surface area (Å²) in [4.78, 5) is 14.7. The third-order valence-electron chi connectivity index (χ3n) is 3.87. The molecule has 0 radical (unpaired) electrons. The van der Waals surface area contributed by atoms with Crippen LogP contribution in [0.25, 0.3) is 0 Å². The predicted molar refractivity (Wildman–Crippen MR) is 78.0 cm³/mol. The van der Waals surface area contributed by atoms with Gasteiger partial charge in [-0.2, -0.15) is 0 Å². The van der Waals surface area contributed by atoms with Gasteiger partial charge in [-0.05, 0) is 55.1 Å². The highest BCUT2D eigenvalue weighted by Gasteiger charge is 2.24. The van der Waals surface area contributed by atoms with Gasteiger partial charge in [-0.25, -0.2) is 0 Å². The molecule has 2 N–H and O–H groups in total. The van der Waals surface area contributed by atoms with Gasteiger partial charge >= 0.3 is 5.82 Å². The van der Waals surface area contributed by atoms with E-state index < -0.39 is 4.92 Å². The van der Waals surface area contributed by atoms with Gasteiger partial charge in [-0.1, -0.05) is 0 Å². The number of aryl methyl sites for hydroxylation is 1.